The first-order valence-corrected chi connectivity index (χ1v) is 6.92. The van der Waals surface area contributed by atoms with Crippen molar-refractivity contribution in [3.8, 4) is 5.88 Å². The van der Waals surface area contributed by atoms with Crippen molar-refractivity contribution in [2.45, 2.75) is 6.54 Å². The van der Waals surface area contributed by atoms with E-state index >= 15 is 0 Å². The largest absolute Gasteiger partial charge is 0.477 e. The number of nitrogens with one attached hydrogen (secondary N) is 1. The molecule has 0 spiro atoms. The number of nitrogens with zero attached hydrogens (tertiary/aromatic N) is 2. The fraction of sp³-hybridized carbons (Fsp3) is 0.692. The van der Waals surface area contributed by atoms with Gasteiger partial charge in [0.25, 0.3) is 0 Å². The van der Waals surface area contributed by atoms with E-state index in [2.05, 4.69) is 10.4 Å². The number of hydrogen-bond donors (Lipinski definition) is 2. The maximum absolute atomic E-state index is 11.3. The van der Waals surface area contributed by atoms with Gasteiger partial charge in [0.05, 0.1) is 19.8 Å². The molecule has 1 aliphatic rings. The van der Waals surface area contributed by atoms with Crippen molar-refractivity contribution >= 4 is 5.97 Å². The number of carbonyl (C=O) groups is 1. The average Bonchev–Trinajstić information content (AvgIpc) is 2.68. The molecule has 1 saturated heterocycles. The maximum atomic E-state index is 11.3. The predicted octanol–water partition coefficient (Wildman–Crippen LogP) is -0.157. The summed E-state index contributed by atoms with van der Waals surface area (Å²) in [4.78, 5) is 11.3. The van der Waals surface area contributed by atoms with Gasteiger partial charge in [0.2, 0.25) is 5.88 Å². The Labute approximate surface area is 123 Å². The highest BCUT2D eigenvalue weighted by molar-refractivity contribution is 5.86. The van der Waals surface area contributed by atoms with Crippen LogP contribution in [0.5, 0.6) is 5.88 Å². The summed E-state index contributed by atoms with van der Waals surface area (Å²) < 4.78 is 17.2. The van der Waals surface area contributed by atoms with Gasteiger partial charge in [0.15, 0.2) is 0 Å². The molecule has 0 saturated carbocycles. The Kier molecular flexibility index (Phi) is 5.97. The highest BCUT2D eigenvalue weighted by atomic mass is 16.5. The Bertz CT molecular complexity index is 455. The van der Waals surface area contributed by atoms with Crippen LogP contribution in [0.4, 0.5) is 0 Å². The molecule has 21 heavy (non-hydrogen) atoms. The number of carboxylic acid groups (broad SMARTS) is 1. The van der Waals surface area contributed by atoms with Crippen molar-refractivity contribution in [3.05, 3.63) is 11.8 Å². The number of aromatic carboxylic acids is 1. The predicted molar refractivity (Wildman–Crippen MR) is 73.7 cm³/mol. The van der Waals surface area contributed by atoms with Gasteiger partial charge in [-0.2, -0.15) is 0 Å². The quantitative estimate of drug-likeness (QED) is 0.676. The van der Waals surface area contributed by atoms with Crippen LogP contribution in [0.2, 0.25) is 0 Å². The fourth-order valence-corrected chi connectivity index (χ4v) is 2.13. The van der Waals surface area contributed by atoms with Crippen LogP contribution >= 0.6 is 0 Å². The van der Waals surface area contributed by atoms with E-state index in [1.54, 1.807) is 7.11 Å². The third-order valence-corrected chi connectivity index (χ3v) is 3.15. The van der Waals surface area contributed by atoms with Gasteiger partial charge in [-0.3, -0.25) is 4.68 Å². The summed E-state index contributed by atoms with van der Waals surface area (Å²) in [5, 5.41) is 16.7. The van der Waals surface area contributed by atoms with E-state index < -0.39 is 5.97 Å². The molecule has 0 radical (unpaired) electrons. The molecule has 0 amide bonds. The minimum atomic E-state index is -1.02. The normalized spacial score (nSPS) is 19.2. The number of methoxy groups -OCH3 is 1. The molecule has 8 heteroatoms. The van der Waals surface area contributed by atoms with Crippen LogP contribution in [0.3, 0.4) is 0 Å². The summed E-state index contributed by atoms with van der Waals surface area (Å²) in [5.41, 5.74) is 0.117. The first kappa shape index (κ1) is 15.7. The minimum absolute atomic E-state index is 0.117. The highest BCUT2D eigenvalue weighted by Gasteiger charge is 2.20. The van der Waals surface area contributed by atoms with E-state index in [0.717, 1.165) is 13.1 Å². The van der Waals surface area contributed by atoms with E-state index in [4.69, 9.17) is 14.2 Å². The van der Waals surface area contributed by atoms with Gasteiger partial charge >= 0.3 is 5.97 Å². The van der Waals surface area contributed by atoms with Gasteiger partial charge in [-0.1, -0.05) is 0 Å². The molecule has 2 heterocycles. The summed E-state index contributed by atoms with van der Waals surface area (Å²) >= 11 is 0. The van der Waals surface area contributed by atoms with Gasteiger partial charge in [-0.25, -0.2) is 4.79 Å². The van der Waals surface area contributed by atoms with Crippen LogP contribution in [-0.2, 0) is 16.0 Å². The van der Waals surface area contributed by atoms with E-state index in [-0.39, 0.29) is 11.6 Å². The molecule has 118 valence electrons. The molecular weight excluding hydrogens is 278 g/mol. The Hall–Kier alpha value is -1.64. The van der Waals surface area contributed by atoms with Crippen molar-refractivity contribution < 1.29 is 24.1 Å². The standard InChI is InChI=1S/C13H21N3O5/c1-19-4-5-21-12-6-11(13(17)18)16(15-12)8-10-7-14-2-3-20-9-10/h6,10,14H,2-5,7-9H2,1H3,(H,17,18). The first-order chi connectivity index (χ1) is 10.2. The van der Waals surface area contributed by atoms with Crippen LogP contribution in [0, 0.1) is 5.92 Å². The van der Waals surface area contributed by atoms with Crippen molar-refractivity contribution in [2.24, 2.45) is 5.92 Å². The molecule has 1 fully saturated rings. The summed E-state index contributed by atoms with van der Waals surface area (Å²) in [6.07, 6.45) is 0. The maximum Gasteiger partial charge on any atom is 0.354 e. The molecule has 8 nitrogen and oxygen atoms in total. The third-order valence-electron chi connectivity index (χ3n) is 3.15. The molecule has 2 N–H and O–H groups in total. The Balaban J connectivity index is 2.03. The zero-order valence-corrected chi connectivity index (χ0v) is 12.1. The second-order valence-corrected chi connectivity index (χ2v) is 4.84. The summed E-state index contributed by atoms with van der Waals surface area (Å²) in [5.74, 6) is -0.545. The monoisotopic (exact) mass is 299 g/mol. The molecule has 0 bridgehead atoms. The summed E-state index contributed by atoms with van der Waals surface area (Å²) in [6, 6.07) is 1.43. The second kappa shape index (κ2) is 7.96. The lowest BCUT2D eigenvalue weighted by Gasteiger charge is -2.14. The molecule has 1 aromatic heterocycles. The lowest BCUT2D eigenvalue weighted by atomic mass is 10.1. The third kappa shape index (κ3) is 4.69. The number of hydrogen-bond acceptors (Lipinski definition) is 6. The van der Waals surface area contributed by atoms with Crippen LogP contribution in [0.15, 0.2) is 6.07 Å². The van der Waals surface area contributed by atoms with Crippen molar-refractivity contribution in [3.63, 3.8) is 0 Å². The number of rotatable bonds is 7. The lowest BCUT2D eigenvalue weighted by molar-refractivity contribution is 0.0677. The van der Waals surface area contributed by atoms with E-state index in [0.29, 0.717) is 38.9 Å². The molecular formula is C13H21N3O5. The molecule has 1 aliphatic heterocycles. The van der Waals surface area contributed by atoms with Crippen molar-refractivity contribution in [1.82, 2.24) is 15.1 Å². The molecule has 1 atom stereocenters. The van der Waals surface area contributed by atoms with E-state index in [1.165, 1.54) is 10.7 Å². The SMILES string of the molecule is COCCOc1cc(C(=O)O)n(CC2CNCCOC2)n1. The smallest absolute Gasteiger partial charge is 0.354 e. The zero-order valence-electron chi connectivity index (χ0n) is 12.1. The fourth-order valence-electron chi connectivity index (χ4n) is 2.13. The Morgan fingerprint density at radius 3 is 3.24 bits per heavy atom. The first-order valence-electron chi connectivity index (χ1n) is 6.92. The summed E-state index contributed by atoms with van der Waals surface area (Å²) in [7, 11) is 1.57. The molecule has 0 aromatic carbocycles. The number of carboxylic acids is 1. The highest BCUT2D eigenvalue weighted by Crippen LogP contribution is 2.15. The van der Waals surface area contributed by atoms with Gasteiger partial charge in [0, 0.05) is 38.7 Å². The topological polar surface area (TPSA) is 94.8 Å². The van der Waals surface area contributed by atoms with Crippen molar-refractivity contribution in [1.29, 1.82) is 0 Å². The van der Waals surface area contributed by atoms with Crippen molar-refractivity contribution in [2.75, 3.05) is 46.6 Å². The van der Waals surface area contributed by atoms with Crippen LogP contribution in [0.1, 0.15) is 10.5 Å². The van der Waals surface area contributed by atoms with Crippen LogP contribution in [-0.4, -0.2) is 67.5 Å². The van der Waals surface area contributed by atoms with Crippen LogP contribution < -0.4 is 10.1 Å². The van der Waals surface area contributed by atoms with E-state index in [1.807, 2.05) is 0 Å². The zero-order chi connectivity index (χ0) is 15.1. The Morgan fingerprint density at radius 1 is 1.62 bits per heavy atom. The van der Waals surface area contributed by atoms with Gasteiger partial charge in [-0.15, -0.1) is 5.10 Å². The molecule has 0 aliphatic carbocycles. The number of aromatic nitrogens is 2. The van der Waals surface area contributed by atoms with E-state index in [9.17, 15) is 9.90 Å². The van der Waals surface area contributed by atoms with Gasteiger partial charge in [0.1, 0.15) is 12.3 Å². The number of ether oxygens (including phenoxy) is 3. The molecule has 1 aromatic rings. The van der Waals surface area contributed by atoms with Crippen LogP contribution in [0.25, 0.3) is 0 Å². The lowest BCUT2D eigenvalue weighted by Crippen LogP contribution is -2.27. The van der Waals surface area contributed by atoms with Gasteiger partial charge in [-0.05, 0) is 0 Å². The average molecular weight is 299 g/mol. The second-order valence-electron chi connectivity index (χ2n) is 4.84. The summed E-state index contributed by atoms with van der Waals surface area (Å²) in [6.45, 7) is 4.09. The molecule has 2 rings (SSSR count). The molecule has 1 unspecified atom stereocenters. The minimum Gasteiger partial charge on any atom is -0.477 e. The van der Waals surface area contributed by atoms with Gasteiger partial charge < -0.3 is 24.6 Å². The Morgan fingerprint density at radius 2 is 2.48 bits per heavy atom.